The number of anilines is 2. The van der Waals surface area contributed by atoms with Gasteiger partial charge in [0.2, 0.25) is 0 Å². The first-order valence-electron chi connectivity index (χ1n) is 9.29. The lowest BCUT2D eigenvalue weighted by Gasteiger charge is -2.26. The molecule has 0 spiro atoms. The number of amides is 4. The molecule has 3 aromatic carbocycles. The summed E-state index contributed by atoms with van der Waals surface area (Å²) in [5.74, 6) is -3.70. The van der Waals surface area contributed by atoms with Gasteiger partial charge in [0.05, 0.1) is 39.2 Å². The van der Waals surface area contributed by atoms with Gasteiger partial charge in [0.1, 0.15) is 0 Å². The van der Waals surface area contributed by atoms with Crippen LogP contribution in [0.15, 0.2) is 60.7 Å². The van der Waals surface area contributed by atoms with Crippen molar-refractivity contribution in [3.05, 3.63) is 94.5 Å². The molecule has 0 fully saturated rings. The van der Waals surface area contributed by atoms with Gasteiger partial charge < -0.3 is 0 Å². The van der Waals surface area contributed by atoms with Gasteiger partial charge in [-0.25, -0.2) is 9.80 Å². The topological polar surface area (TPSA) is 74.8 Å². The Kier molecular flexibility index (Phi) is 4.07. The van der Waals surface area contributed by atoms with Crippen LogP contribution in [0.1, 0.15) is 47.0 Å². The molecule has 2 aliphatic rings. The molecule has 0 aliphatic carbocycles. The molecule has 6 nitrogen and oxygen atoms in total. The monoisotopic (exact) mass is 435 g/mol. The van der Waals surface area contributed by atoms with Crippen LogP contribution in [0.25, 0.3) is 0 Å². The van der Waals surface area contributed by atoms with E-state index >= 15 is 0 Å². The third kappa shape index (κ3) is 2.60. The lowest BCUT2D eigenvalue weighted by Crippen LogP contribution is -2.36. The van der Waals surface area contributed by atoms with E-state index in [1.165, 1.54) is 48.5 Å². The van der Waals surface area contributed by atoms with Gasteiger partial charge in [0.25, 0.3) is 23.6 Å². The fraction of sp³-hybridized carbons (Fsp3) is 0.0435. The number of rotatable bonds is 2. The Morgan fingerprint density at radius 3 is 1.44 bits per heavy atom. The molecule has 2 aliphatic heterocycles. The van der Waals surface area contributed by atoms with Gasteiger partial charge in [-0.15, -0.1) is 0 Å². The lowest BCUT2D eigenvalue weighted by atomic mass is 10.1. The average molecular weight is 435 g/mol. The summed E-state index contributed by atoms with van der Waals surface area (Å²) in [4.78, 5) is 52.7. The number of alkyl halides is 3. The second kappa shape index (κ2) is 6.61. The Bertz CT molecular complexity index is 1290. The predicted molar refractivity (Wildman–Crippen MR) is 105 cm³/mol. The molecule has 0 unspecified atom stereocenters. The number of fused-ring (bicyclic) bond motifs is 2. The number of carbonyl (C=O) groups is 4. The summed E-state index contributed by atoms with van der Waals surface area (Å²) in [5, 5.41) is 0. The van der Waals surface area contributed by atoms with Gasteiger partial charge in [-0.1, -0.05) is 30.3 Å². The summed E-state index contributed by atoms with van der Waals surface area (Å²) < 4.78 is 41.8. The Labute approximate surface area is 178 Å². The molecule has 0 atom stereocenters. The third-order valence-electron chi connectivity index (χ3n) is 5.28. The van der Waals surface area contributed by atoms with Crippen LogP contribution in [0, 0.1) is 6.07 Å². The number of benzene rings is 3. The number of hydrogen-bond donors (Lipinski definition) is 0. The Hall–Kier alpha value is -4.27. The first kappa shape index (κ1) is 19.7. The van der Waals surface area contributed by atoms with Gasteiger partial charge in [0.15, 0.2) is 0 Å². The van der Waals surface area contributed by atoms with E-state index in [0.29, 0.717) is 9.80 Å². The molecular weight excluding hydrogens is 425 g/mol. The first-order chi connectivity index (χ1) is 15.2. The quantitative estimate of drug-likeness (QED) is 0.568. The third-order valence-corrected chi connectivity index (χ3v) is 5.28. The van der Waals surface area contributed by atoms with Crippen molar-refractivity contribution in [3.63, 3.8) is 0 Å². The van der Waals surface area contributed by atoms with E-state index in [4.69, 9.17) is 0 Å². The van der Waals surface area contributed by atoms with Crippen molar-refractivity contribution in [2.45, 2.75) is 6.18 Å². The highest BCUT2D eigenvalue weighted by Gasteiger charge is 2.47. The molecular formula is C23H10F3N2O4. The van der Waals surface area contributed by atoms with E-state index in [1.807, 2.05) is 6.07 Å². The van der Waals surface area contributed by atoms with E-state index in [-0.39, 0.29) is 22.3 Å². The van der Waals surface area contributed by atoms with Crippen LogP contribution in [-0.2, 0) is 6.18 Å². The van der Waals surface area contributed by atoms with Crippen molar-refractivity contribution >= 4 is 35.0 Å². The highest BCUT2D eigenvalue weighted by atomic mass is 19.4. The summed E-state index contributed by atoms with van der Waals surface area (Å²) in [6, 6.07) is 15.3. The zero-order valence-corrected chi connectivity index (χ0v) is 15.9. The van der Waals surface area contributed by atoms with Crippen LogP contribution in [0.2, 0.25) is 0 Å². The van der Waals surface area contributed by atoms with Crippen molar-refractivity contribution in [2.24, 2.45) is 0 Å². The van der Waals surface area contributed by atoms with Crippen LogP contribution in [0.5, 0.6) is 0 Å². The zero-order chi connectivity index (χ0) is 22.8. The van der Waals surface area contributed by atoms with Gasteiger partial charge in [-0.05, 0) is 36.4 Å². The molecule has 1 radical (unpaired) electrons. The van der Waals surface area contributed by atoms with Crippen LogP contribution in [-0.4, -0.2) is 23.6 Å². The van der Waals surface area contributed by atoms with Crippen molar-refractivity contribution in [2.75, 3.05) is 9.80 Å². The Balaban J connectivity index is 1.76. The highest BCUT2D eigenvalue weighted by Crippen LogP contribution is 2.46. The second-order valence-electron chi connectivity index (χ2n) is 7.07. The van der Waals surface area contributed by atoms with E-state index in [1.54, 1.807) is 0 Å². The van der Waals surface area contributed by atoms with Gasteiger partial charge in [-0.3, -0.25) is 19.2 Å². The molecule has 3 aromatic rings. The largest absolute Gasteiger partial charge is 0.419 e. The molecule has 0 saturated heterocycles. The zero-order valence-electron chi connectivity index (χ0n) is 15.9. The maximum Gasteiger partial charge on any atom is 0.419 e. The Morgan fingerprint density at radius 2 is 1.03 bits per heavy atom. The predicted octanol–water partition coefficient (Wildman–Crippen LogP) is 4.11. The van der Waals surface area contributed by atoms with Crippen molar-refractivity contribution in [3.8, 4) is 0 Å². The molecule has 9 heteroatoms. The second-order valence-corrected chi connectivity index (χ2v) is 7.07. The fourth-order valence-corrected chi connectivity index (χ4v) is 3.90. The number of nitrogens with zero attached hydrogens (tertiary/aromatic N) is 2. The summed E-state index contributed by atoms with van der Waals surface area (Å²) in [7, 11) is 0. The summed E-state index contributed by atoms with van der Waals surface area (Å²) in [6.07, 6.45) is -5.03. The minimum Gasteiger partial charge on any atom is -0.268 e. The molecule has 2 heterocycles. The van der Waals surface area contributed by atoms with E-state index in [2.05, 4.69) is 0 Å². The van der Waals surface area contributed by atoms with Crippen LogP contribution >= 0.6 is 0 Å². The molecule has 0 bridgehead atoms. The van der Waals surface area contributed by atoms with E-state index in [9.17, 15) is 32.3 Å². The molecule has 0 saturated carbocycles. The first-order valence-corrected chi connectivity index (χ1v) is 9.29. The van der Waals surface area contributed by atoms with Crippen LogP contribution < -0.4 is 9.80 Å². The van der Waals surface area contributed by atoms with Gasteiger partial charge in [0, 0.05) is 0 Å². The van der Waals surface area contributed by atoms with Crippen LogP contribution in [0.4, 0.5) is 24.5 Å². The van der Waals surface area contributed by atoms with E-state index < -0.39 is 46.7 Å². The smallest absolute Gasteiger partial charge is 0.268 e. The normalized spacial score (nSPS) is 15.5. The van der Waals surface area contributed by atoms with Gasteiger partial charge in [-0.2, -0.15) is 13.2 Å². The fourth-order valence-electron chi connectivity index (χ4n) is 3.90. The molecule has 157 valence electrons. The molecule has 0 N–H and O–H groups in total. The Morgan fingerprint density at radius 1 is 0.625 bits per heavy atom. The summed E-state index contributed by atoms with van der Waals surface area (Å²) in [6.45, 7) is 0. The molecule has 5 rings (SSSR count). The highest BCUT2D eigenvalue weighted by molar-refractivity contribution is 6.39. The summed E-state index contributed by atoms with van der Waals surface area (Å²) >= 11 is 0. The average Bonchev–Trinajstić information content (AvgIpc) is 3.18. The maximum atomic E-state index is 13.9. The van der Waals surface area contributed by atoms with Crippen molar-refractivity contribution < 1.29 is 32.3 Å². The minimum atomic E-state index is -5.03. The number of carbonyl (C=O) groups excluding carboxylic acids is 4. The molecule has 4 amide bonds. The lowest BCUT2D eigenvalue weighted by molar-refractivity contribution is -0.137. The van der Waals surface area contributed by atoms with E-state index in [0.717, 1.165) is 12.1 Å². The number of hydrogen-bond acceptors (Lipinski definition) is 4. The van der Waals surface area contributed by atoms with Crippen LogP contribution in [0.3, 0.4) is 0 Å². The number of halogens is 3. The molecule has 32 heavy (non-hydrogen) atoms. The van der Waals surface area contributed by atoms with Crippen molar-refractivity contribution in [1.82, 2.24) is 0 Å². The standard InChI is InChI=1S/C23H10F3N2O4/c24-23(25,26)16-10-5-11-17(27-19(29)12-6-1-2-7-13(12)20(27)30)18(16)28-21(31)14-8-3-4-9-15(14)22(28)32/h1-9,11H. The summed E-state index contributed by atoms with van der Waals surface area (Å²) in [5.41, 5.74) is -3.04. The number of imide groups is 2. The SMILES string of the molecule is O=C1c2ccccc2C(=O)N1c1cc[c]c(C(F)(F)F)c1N1C(=O)c2ccccc2C1=O. The maximum absolute atomic E-state index is 13.9. The van der Waals surface area contributed by atoms with Crippen molar-refractivity contribution in [1.29, 1.82) is 0 Å². The molecule has 0 aromatic heterocycles. The minimum absolute atomic E-state index is 0.00667. The van der Waals surface area contributed by atoms with Gasteiger partial charge >= 0.3 is 6.18 Å².